The first kappa shape index (κ1) is 19.5. The molecular formula is C20H18N6O3S. The number of carbonyl (C=O) groups excluding carboxylic acids is 1. The summed E-state index contributed by atoms with van der Waals surface area (Å²) in [6.45, 7) is 3.67. The van der Waals surface area contributed by atoms with Crippen LogP contribution in [0.1, 0.15) is 27.3 Å². The Morgan fingerprint density at radius 3 is 2.67 bits per heavy atom. The highest BCUT2D eigenvalue weighted by Gasteiger charge is 2.21. The van der Waals surface area contributed by atoms with Crippen LogP contribution >= 0.6 is 11.3 Å². The van der Waals surface area contributed by atoms with Gasteiger partial charge in [-0.15, -0.1) is 11.3 Å². The van der Waals surface area contributed by atoms with E-state index in [-0.39, 0.29) is 11.6 Å². The molecule has 2 N–H and O–H groups in total. The summed E-state index contributed by atoms with van der Waals surface area (Å²) in [5, 5.41) is 27.2. The van der Waals surface area contributed by atoms with Gasteiger partial charge in [-0.3, -0.25) is 24.7 Å². The zero-order valence-corrected chi connectivity index (χ0v) is 17.1. The van der Waals surface area contributed by atoms with Crippen LogP contribution in [0, 0.1) is 24.0 Å². The topological polar surface area (TPSA) is 119 Å². The van der Waals surface area contributed by atoms with Gasteiger partial charge in [0, 0.05) is 11.6 Å². The van der Waals surface area contributed by atoms with E-state index in [1.165, 1.54) is 0 Å². The van der Waals surface area contributed by atoms with Crippen molar-refractivity contribution in [2.75, 3.05) is 5.32 Å². The van der Waals surface area contributed by atoms with Gasteiger partial charge >= 0.3 is 5.69 Å². The molecule has 3 heterocycles. The average Bonchev–Trinajstić information content (AvgIpc) is 3.44. The van der Waals surface area contributed by atoms with Crippen molar-refractivity contribution in [1.29, 1.82) is 0 Å². The lowest BCUT2D eigenvalue weighted by molar-refractivity contribution is -0.386. The number of nitrogens with one attached hydrogen (secondary N) is 2. The molecule has 0 atom stereocenters. The van der Waals surface area contributed by atoms with Crippen molar-refractivity contribution in [2.45, 2.75) is 20.4 Å². The molecule has 0 saturated carbocycles. The van der Waals surface area contributed by atoms with Gasteiger partial charge in [-0.1, -0.05) is 18.2 Å². The van der Waals surface area contributed by atoms with Crippen molar-refractivity contribution in [1.82, 2.24) is 20.0 Å². The lowest BCUT2D eigenvalue weighted by Gasteiger charge is -2.06. The minimum absolute atomic E-state index is 0.0342. The molecule has 4 rings (SSSR count). The summed E-state index contributed by atoms with van der Waals surface area (Å²) in [5.74, 6) is 0.176. The highest BCUT2D eigenvalue weighted by Crippen LogP contribution is 2.25. The number of hydrogen-bond acceptors (Lipinski definition) is 6. The number of hydrogen-bond donors (Lipinski definition) is 2. The third-order valence-electron chi connectivity index (χ3n) is 4.68. The zero-order valence-electron chi connectivity index (χ0n) is 16.2. The van der Waals surface area contributed by atoms with Gasteiger partial charge in [0.1, 0.15) is 11.4 Å². The molecule has 0 aliphatic carbocycles. The smallest absolute Gasteiger partial charge is 0.305 e. The molecule has 0 radical (unpaired) electrons. The summed E-state index contributed by atoms with van der Waals surface area (Å²) in [6, 6.07) is 12.7. The first-order valence-electron chi connectivity index (χ1n) is 9.10. The van der Waals surface area contributed by atoms with Crippen LogP contribution in [0.5, 0.6) is 0 Å². The first-order chi connectivity index (χ1) is 14.4. The van der Waals surface area contributed by atoms with Gasteiger partial charge in [0.15, 0.2) is 5.82 Å². The van der Waals surface area contributed by atoms with Crippen molar-refractivity contribution in [3.8, 4) is 10.6 Å². The maximum Gasteiger partial charge on any atom is 0.312 e. The van der Waals surface area contributed by atoms with Crippen LogP contribution in [0.25, 0.3) is 10.6 Å². The van der Waals surface area contributed by atoms with E-state index in [0.717, 1.165) is 16.1 Å². The number of aromatic amines is 1. The van der Waals surface area contributed by atoms with E-state index in [4.69, 9.17) is 0 Å². The van der Waals surface area contributed by atoms with Crippen molar-refractivity contribution < 1.29 is 9.72 Å². The van der Waals surface area contributed by atoms with Crippen molar-refractivity contribution in [3.63, 3.8) is 0 Å². The number of nitrogens with zero attached hydrogens (tertiary/aromatic N) is 4. The molecule has 0 fully saturated rings. The summed E-state index contributed by atoms with van der Waals surface area (Å²) in [6.07, 6.45) is 0. The fraction of sp³-hybridized carbons (Fsp3) is 0.150. The van der Waals surface area contributed by atoms with Crippen molar-refractivity contribution >= 4 is 28.7 Å². The Kier molecular flexibility index (Phi) is 5.15. The number of H-pyrrole nitrogens is 1. The van der Waals surface area contributed by atoms with E-state index in [1.807, 2.05) is 17.5 Å². The third kappa shape index (κ3) is 3.85. The van der Waals surface area contributed by atoms with E-state index < -0.39 is 4.92 Å². The maximum absolute atomic E-state index is 12.5. The van der Waals surface area contributed by atoms with E-state index >= 15 is 0 Å². The number of nitro groups is 1. The molecule has 3 aromatic heterocycles. The average molecular weight is 422 g/mol. The lowest BCUT2D eigenvalue weighted by Crippen LogP contribution is -2.12. The number of amides is 1. The van der Waals surface area contributed by atoms with E-state index in [1.54, 1.807) is 60.2 Å². The van der Waals surface area contributed by atoms with Gasteiger partial charge < -0.3 is 5.32 Å². The molecule has 9 nitrogen and oxygen atoms in total. The molecule has 0 unspecified atom stereocenters. The summed E-state index contributed by atoms with van der Waals surface area (Å²) < 4.78 is 1.60. The summed E-state index contributed by atoms with van der Waals surface area (Å²) in [4.78, 5) is 24.3. The Labute approximate surface area is 175 Å². The Balaban J connectivity index is 1.44. The molecule has 1 aromatic carbocycles. The van der Waals surface area contributed by atoms with Crippen LogP contribution in [0.2, 0.25) is 0 Å². The summed E-state index contributed by atoms with van der Waals surface area (Å²) >= 11 is 1.58. The molecule has 152 valence electrons. The van der Waals surface area contributed by atoms with Crippen molar-refractivity contribution in [2.24, 2.45) is 0 Å². The molecule has 10 heteroatoms. The molecule has 0 aliphatic heterocycles. The predicted octanol–water partition coefficient (Wildman–Crippen LogP) is 4.16. The number of carbonyl (C=O) groups is 1. The number of anilines is 1. The first-order valence-corrected chi connectivity index (χ1v) is 9.98. The van der Waals surface area contributed by atoms with E-state index in [2.05, 4.69) is 20.6 Å². The summed E-state index contributed by atoms with van der Waals surface area (Å²) in [7, 11) is 0. The van der Waals surface area contributed by atoms with Gasteiger partial charge in [-0.25, -0.2) is 0 Å². The van der Waals surface area contributed by atoms with Gasteiger partial charge in [0.25, 0.3) is 5.91 Å². The highest BCUT2D eigenvalue weighted by atomic mass is 32.1. The van der Waals surface area contributed by atoms with Crippen LogP contribution in [0.4, 0.5) is 11.5 Å². The number of aromatic nitrogens is 4. The lowest BCUT2D eigenvalue weighted by atomic mass is 10.1. The maximum atomic E-state index is 12.5. The Bertz CT molecular complexity index is 1210. The molecule has 0 spiro atoms. The number of thiophene rings is 1. The zero-order chi connectivity index (χ0) is 21.3. The molecule has 1 amide bonds. The SMILES string of the molecule is Cc1nn(Cc2ccc(C(=O)Nc3cc(-c4cccs4)[nH]n3)cc2)c(C)c1[N+](=O)[O-]. The molecule has 0 saturated heterocycles. The fourth-order valence-corrected chi connectivity index (χ4v) is 3.86. The number of aryl methyl sites for hydroxylation is 1. The minimum atomic E-state index is -0.416. The van der Waals surface area contributed by atoms with E-state index in [0.29, 0.717) is 29.3 Å². The quantitative estimate of drug-likeness (QED) is 0.357. The highest BCUT2D eigenvalue weighted by molar-refractivity contribution is 7.13. The molecule has 0 aliphatic rings. The molecular weight excluding hydrogens is 404 g/mol. The predicted molar refractivity (Wildman–Crippen MR) is 114 cm³/mol. The second kappa shape index (κ2) is 7.91. The van der Waals surface area contributed by atoms with Crippen LogP contribution in [0.15, 0.2) is 47.8 Å². The fourth-order valence-electron chi connectivity index (χ4n) is 3.17. The van der Waals surface area contributed by atoms with Gasteiger partial charge in [0.2, 0.25) is 0 Å². The van der Waals surface area contributed by atoms with Gasteiger partial charge in [0.05, 0.1) is 22.0 Å². The number of rotatable bonds is 6. The van der Waals surface area contributed by atoms with Gasteiger partial charge in [-0.2, -0.15) is 10.2 Å². The molecule has 30 heavy (non-hydrogen) atoms. The number of benzene rings is 1. The van der Waals surface area contributed by atoms with Gasteiger partial charge in [-0.05, 0) is 43.0 Å². The van der Waals surface area contributed by atoms with Crippen LogP contribution in [-0.2, 0) is 6.54 Å². The largest absolute Gasteiger partial charge is 0.312 e. The normalized spacial score (nSPS) is 10.9. The Morgan fingerprint density at radius 1 is 1.27 bits per heavy atom. The van der Waals surface area contributed by atoms with E-state index in [9.17, 15) is 14.9 Å². The minimum Gasteiger partial charge on any atom is -0.305 e. The monoisotopic (exact) mass is 422 g/mol. The van der Waals surface area contributed by atoms with Crippen LogP contribution < -0.4 is 5.32 Å². The van der Waals surface area contributed by atoms with Crippen LogP contribution in [-0.4, -0.2) is 30.8 Å². The second-order valence-electron chi connectivity index (χ2n) is 6.73. The standard InChI is InChI=1S/C20H18N6O3S/c1-12-19(26(28)29)13(2)25(24-12)11-14-5-7-15(8-6-14)20(27)21-18-10-16(22-23-18)17-4-3-9-30-17/h3-10H,11H2,1-2H3,(H2,21,22,23,27). The Hall–Kier alpha value is -3.79. The summed E-state index contributed by atoms with van der Waals surface area (Å²) in [5.41, 5.74) is 3.13. The van der Waals surface area contributed by atoms with Crippen molar-refractivity contribution in [3.05, 3.63) is 80.5 Å². The molecule has 0 bridgehead atoms. The third-order valence-corrected chi connectivity index (χ3v) is 5.58. The van der Waals surface area contributed by atoms with Crippen LogP contribution in [0.3, 0.4) is 0 Å². The Morgan fingerprint density at radius 2 is 2.03 bits per heavy atom. The second-order valence-corrected chi connectivity index (χ2v) is 7.68. The molecule has 4 aromatic rings.